The molecule has 5 nitrogen and oxygen atoms in total. The maximum Gasteiger partial charge on any atom is 0.224 e. The number of rotatable bonds is 8. The summed E-state index contributed by atoms with van der Waals surface area (Å²) in [7, 11) is 4.63. The van der Waals surface area contributed by atoms with E-state index in [0.29, 0.717) is 17.1 Å². The van der Waals surface area contributed by atoms with Gasteiger partial charge in [0, 0.05) is 13.7 Å². The summed E-state index contributed by atoms with van der Waals surface area (Å²) < 4.78 is 29.1. The lowest BCUT2D eigenvalue weighted by molar-refractivity contribution is -0.121. The highest BCUT2D eigenvalue weighted by Crippen LogP contribution is 2.27. The van der Waals surface area contributed by atoms with Gasteiger partial charge >= 0.3 is 0 Å². The van der Waals surface area contributed by atoms with Crippen LogP contribution in [0.5, 0.6) is 11.5 Å². The Hall–Kier alpha value is -2.60. The monoisotopic (exact) mass is 347 g/mol. The van der Waals surface area contributed by atoms with Crippen LogP contribution in [0.3, 0.4) is 0 Å². The summed E-state index contributed by atoms with van der Waals surface area (Å²) in [5.41, 5.74) is 1.48. The highest BCUT2D eigenvalue weighted by Gasteiger charge is 2.14. The molecule has 1 N–H and O–H groups in total. The molecule has 0 aromatic heterocycles. The van der Waals surface area contributed by atoms with Gasteiger partial charge in [0.2, 0.25) is 5.91 Å². The minimum Gasteiger partial charge on any atom is -0.493 e. The average Bonchev–Trinajstić information content (AvgIpc) is 2.62. The Labute approximate surface area is 146 Å². The molecular weight excluding hydrogens is 325 g/mol. The first kappa shape index (κ1) is 18.7. The van der Waals surface area contributed by atoms with Crippen molar-refractivity contribution in [2.75, 3.05) is 27.9 Å². The fourth-order valence-corrected chi connectivity index (χ4v) is 2.49. The molecule has 6 heteroatoms. The van der Waals surface area contributed by atoms with Crippen LogP contribution in [0.25, 0.3) is 0 Å². The standard InChI is InChI=1S/C19H22FNO4/c1-23-16-8-7-13(9-17(16)24-2)10-19(22)21-12-18(25-3)14-5-4-6-15(20)11-14/h4-9,11,18H,10,12H2,1-3H3,(H,21,22)/t18-/m1/s1. The second kappa shape index (κ2) is 9.03. The Morgan fingerprint density at radius 3 is 2.48 bits per heavy atom. The van der Waals surface area contributed by atoms with E-state index in [-0.39, 0.29) is 24.7 Å². The van der Waals surface area contributed by atoms with Crippen LogP contribution in [0.1, 0.15) is 17.2 Å². The topological polar surface area (TPSA) is 56.8 Å². The number of hydrogen-bond donors (Lipinski definition) is 1. The highest BCUT2D eigenvalue weighted by atomic mass is 19.1. The van der Waals surface area contributed by atoms with Crippen LogP contribution in [-0.2, 0) is 16.0 Å². The normalized spacial score (nSPS) is 11.7. The smallest absolute Gasteiger partial charge is 0.224 e. The van der Waals surface area contributed by atoms with Crippen molar-refractivity contribution in [2.24, 2.45) is 0 Å². The van der Waals surface area contributed by atoms with Crippen LogP contribution in [0.15, 0.2) is 42.5 Å². The lowest BCUT2D eigenvalue weighted by atomic mass is 10.1. The minimum atomic E-state index is -0.412. The molecule has 2 aromatic rings. The largest absolute Gasteiger partial charge is 0.493 e. The number of amides is 1. The van der Waals surface area contributed by atoms with Crippen molar-refractivity contribution in [3.8, 4) is 11.5 Å². The molecule has 1 atom stereocenters. The number of methoxy groups -OCH3 is 3. The molecule has 0 aliphatic carbocycles. The van der Waals surface area contributed by atoms with E-state index in [1.165, 1.54) is 19.2 Å². The van der Waals surface area contributed by atoms with Gasteiger partial charge in [-0.3, -0.25) is 4.79 Å². The zero-order valence-corrected chi connectivity index (χ0v) is 14.5. The third kappa shape index (κ3) is 5.19. The summed E-state index contributed by atoms with van der Waals surface area (Å²) in [6.45, 7) is 0.256. The number of carbonyl (C=O) groups is 1. The predicted molar refractivity (Wildman–Crippen MR) is 92.4 cm³/mol. The van der Waals surface area contributed by atoms with E-state index in [1.54, 1.807) is 44.6 Å². The van der Waals surface area contributed by atoms with Crippen LogP contribution < -0.4 is 14.8 Å². The van der Waals surface area contributed by atoms with Gasteiger partial charge in [-0.1, -0.05) is 18.2 Å². The van der Waals surface area contributed by atoms with E-state index in [2.05, 4.69) is 5.32 Å². The maximum atomic E-state index is 13.3. The number of nitrogens with one attached hydrogen (secondary N) is 1. The quantitative estimate of drug-likeness (QED) is 0.798. The SMILES string of the molecule is COc1ccc(CC(=O)NC[C@@H](OC)c2cccc(F)c2)cc1OC. The molecule has 134 valence electrons. The van der Waals surface area contributed by atoms with Gasteiger partial charge in [0.15, 0.2) is 11.5 Å². The third-order valence-electron chi connectivity index (χ3n) is 3.80. The first-order valence-corrected chi connectivity index (χ1v) is 7.83. The second-order valence-corrected chi connectivity index (χ2v) is 5.45. The number of carbonyl (C=O) groups excluding carboxylic acids is 1. The fourth-order valence-electron chi connectivity index (χ4n) is 2.49. The molecule has 1 amide bonds. The maximum absolute atomic E-state index is 13.3. The Balaban J connectivity index is 1.95. The molecule has 0 aliphatic heterocycles. The molecule has 0 fully saturated rings. The third-order valence-corrected chi connectivity index (χ3v) is 3.80. The van der Waals surface area contributed by atoms with Crippen molar-refractivity contribution in [3.05, 3.63) is 59.4 Å². The van der Waals surface area contributed by atoms with Crippen molar-refractivity contribution in [1.29, 1.82) is 0 Å². The lowest BCUT2D eigenvalue weighted by Gasteiger charge is -2.17. The van der Waals surface area contributed by atoms with Crippen LogP contribution in [-0.4, -0.2) is 33.8 Å². The molecule has 0 bridgehead atoms. The molecule has 25 heavy (non-hydrogen) atoms. The number of benzene rings is 2. The van der Waals surface area contributed by atoms with Gasteiger partial charge in [-0.05, 0) is 35.4 Å². The number of halogens is 1. The van der Waals surface area contributed by atoms with E-state index in [4.69, 9.17) is 14.2 Å². The summed E-state index contributed by atoms with van der Waals surface area (Å²) in [6, 6.07) is 11.5. The molecule has 0 radical (unpaired) electrons. The first-order chi connectivity index (χ1) is 12.1. The van der Waals surface area contributed by atoms with Gasteiger partial charge in [0.25, 0.3) is 0 Å². The van der Waals surface area contributed by atoms with E-state index in [0.717, 1.165) is 5.56 Å². The summed E-state index contributed by atoms with van der Waals surface area (Å²) in [5.74, 6) is 0.682. The van der Waals surface area contributed by atoms with Crippen LogP contribution >= 0.6 is 0 Å². The van der Waals surface area contributed by atoms with Crippen molar-refractivity contribution in [3.63, 3.8) is 0 Å². The predicted octanol–water partition coefficient (Wildman–Crippen LogP) is 2.89. The Kier molecular flexibility index (Phi) is 6.77. The van der Waals surface area contributed by atoms with E-state index >= 15 is 0 Å². The molecule has 0 aliphatic rings. The second-order valence-electron chi connectivity index (χ2n) is 5.45. The molecule has 0 saturated heterocycles. The molecule has 2 aromatic carbocycles. The van der Waals surface area contributed by atoms with Crippen LogP contribution in [0.4, 0.5) is 4.39 Å². The molecule has 0 spiro atoms. The average molecular weight is 347 g/mol. The number of hydrogen-bond acceptors (Lipinski definition) is 4. The number of ether oxygens (including phenoxy) is 3. The zero-order chi connectivity index (χ0) is 18.2. The van der Waals surface area contributed by atoms with Gasteiger partial charge in [-0.2, -0.15) is 0 Å². The lowest BCUT2D eigenvalue weighted by Crippen LogP contribution is -2.30. The van der Waals surface area contributed by atoms with E-state index in [1.807, 2.05) is 0 Å². The minimum absolute atomic E-state index is 0.161. The van der Waals surface area contributed by atoms with Gasteiger partial charge in [0.1, 0.15) is 5.82 Å². The van der Waals surface area contributed by atoms with Crippen LogP contribution in [0.2, 0.25) is 0 Å². The van der Waals surface area contributed by atoms with Crippen molar-refractivity contribution in [1.82, 2.24) is 5.32 Å². The Morgan fingerprint density at radius 2 is 1.84 bits per heavy atom. The Morgan fingerprint density at radius 1 is 1.08 bits per heavy atom. The Bertz CT molecular complexity index is 720. The van der Waals surface area contributed by atoms with Crippen LogP contribution in [0, 0.1) is 5.82 Å². The zero-order valence-electron chi connectivity index (χ0n) is 14.5. The van der Waals surface area contributed by atoms with Gasteiger partial charge in [-0.15, -0.1) is 0 Å². The summed E-state index contributed by atoms with van der Waals surface area (Å²) >= 11 is 0. The molecule has 0 saturated carbocycles. The van der Waals surface area contributed by atoms with Gasteiger partial charge < -0.3 is 19.5 Å². The van der Waals surface area contributed by atoms with Gasteiger partial charge in [0.05, 0.1) is 26.7 Å². The fraction of sp³-hybridized carbons (Fsp3) is 0.316. The van der Waals surface area contributed by atoms with Crippen molar-refractivity contribution >= 4 is 5.91 Å². The van der Waals surface area contributed by atoms with E-state index in [9.17, 15) is 9.18 Å². The van der Waals surface area contributed by atoms with Gasteiger partial charge in [-0.25, -0.2) is 4.39 Å². The van der Waals surface area contributed by atoms with E-state index < -0.39 is 6.10 Å². The molecule has 0 unspecified atom stereocenters. The summed E-state index contributed by atoms with van der Waals surface area (Å²) in [6.07, 6.45) is -0.218. The molecule has 2 rings (SSSR count). The summed E-state index contributed by atoms with van der Waals surface area (Å²) in [4.78, 5) is 12.2. The highest BCUT2D eigenvalue weighted by molar-refractivity contribution is 5.78. The van der Waals surface area contributed by atoms with Crippen molar-refractivity contribution < 1.29 is 23.4 Å². The molecular formula is C19H22FNO4. The van der Waals surface area contributed by atoms with Crippen molar-refractivity contribution in [2.45, 2.75) is 12.5 Å². The summed E-state index contributed by atoms with van der Waals surface area (Å²) in [5, 5.41) is 2.81. The molecule has 0 heterocycles. The first-order valence-electron chi connectivity index (χ1n) is 7.83.